The van der Waals surface area contributed by atoms with Crippen LogP contribution in [-0.4, -0.2) is 15.6 Å². The molecule has 1 aromatic rings. The molecule has 7 heteroatoms. The van der Waals surface area contributed by atoms with Crippen molar-refractivity contribution < 1.29 is 9.90 Å². The average molecular weight is 249 g/mol. The summed E-state index contributed by atoms with van der Waals surface area (Å²) in [5.41, 5.74) is -0.764. The second kappa shape index (κ2) is 5.10. The maximum atomic E-state index is 11.7. The van der Waals surface area contributed by atoms with E-state index in [2.05, 4.69) is 0 Å². The molecule has 86 valence electrons. The Hall–Kier alpha value is -2.38. The third kappa shape index (κ3) is 2.41. The highest BCUT2D eigenvalue weighted by Gasteiger charge is 2.11. The van der Waals surface area contributed by atoms with Crippen molar-refractivity contribution in [3.05, 3.63) is 19.5 Å². The van der Waals surface area contributed by atoms with Crippen LogP contribution in [0, 0.1) is 22.7 Å². The van der Waals surface area contributed by atoms with Crippen LogP contribution in [0.15, 0.2) is 4.79 Å². The van der Waals surface area contributed by atoms with Crippen LogP contribution in [0.1, 0.15) is 6.92 Å². The molecule has 0 unspecified atom stereocenters. The molecule has 0 saturated heterocycles. The third-order valence-corrected chi connectivity index (χ3v) is 3.15. The summed E-state index contributed by atoms with van der Waals surface area (Å²) in [6.45, 7) is 1.06. The lowest BCUT2D eigenvalue weighted by Gasteiger charge is -1.95. The molecule has 0 fully saturated rings. The first-order chi connectivity index (χ1) is 8.04. The molecule has 0 atom stereocenters. The fourth-order valence-corrected chi connectivity index (χ4v) is 2.17. The number of hydrogen-bond acceptors (Lipinski definition) is 5. The van der Waals surface area contributed by atoms with Crippen LogP contribution in [0.5, 0.6) is 0 Å². The summed E-state index contributed by atoms with van der Waals surface area (Å²) in [6, 6.07) is 3.29. The zero-order valence-electron chi connectivity index (χ0n) is 8.80. The van der Waals surface area contributed by atoms with E-state index in [0.717, 1.165) is 15.9 Å². The van der Waals surface area contributed by atoms with Crippen LogP contribution < -0.4 is 14.8 Å². The minimum Gasteiger partial charge on any atom is -0.480 e. The van der Waals surface area contributed by atoms with Gasteiger partial charge in [0, 0.05) is 0 Å². The highest BCUT2D eigenvalue weighted by atomic mass is 32.1. The molecule has 0 spiro atoms. The molecular formula is C10H7N3O3S. The van der Waals surface area contributed by atoms with Crippen LogP contribution in [0.4, 0.5) is 0 Å². The molecule has 0 saturated carbocycles. The second-order valence-electron chi connectivity index (χ2n) is 2.94. The van der Waals surface area contributed by atoms with Gasteiger partial charge in [0.15, 0.2) is 5.57 Å². The Morgan fingerprint density at radius 3 is 2.53 bits per heavy atom. The molecule has 6 nitrogen and oxygen atoms in total. The first-order valence-electron chi connectivity index (χ1n) is 4.47. The van der Waals surface area contributed by atoms with Crippen molar-refractivity contribution in [1.29, 1.82) is 10.5 Å². The quantitative estimate of drug-likeness (QED) is 0.722. The summed E-state index contributed by atoms with van der Waals surface area (Å²) in [7, 11) is 0. The molecule has 1 rings (SSSR count). The number of aliphatic carboxylic acids is 1. The van der Waals surface area contributed by atoms with Gasteiger partial charge in [-0.1, -0.05) is 6.08 Å². The van der Waals surface area contributed by atoms with E-state index in [1.165, 1.54) is 6.08 Å². The molecule has 1 aromatic heterocycles. The minimum atomic E-state index is -1.20. The zero-order valence-corrected chi connectivity index (χ0v) is 9.61. The number of carbonyl (C=O) groups is 1. The van der Waals surface area contributed by atoms with Gasteiger partial charge in [-0.2, -0.15) is 10.5 Å². The summed E-state index contributed by atoms with van der Waals surface area (Å²) < 4.78 is 1.31. The topological polar surface area (TPSA) is 107 Å². The molecule has 1 N–H and O–H groups in total. The van der Waals surface area contributed by atoms with Gasteiger partial charge in [0.05, 0.1) is 4.53 Å². The van der Waals surface area contributed by atoms with Gasteiger partial charge in [-0.25, -0.2) is 0 Å². The second-order valence-corrected chi connectivity index (χ2v) is 3.97. The maximum Gasteiger partial charge on any atom is 0.323 e. The van der Waals surface area contributed by atoms with E-state index in [9.17, 15) is 9.59 Å². The molecule has 17 heavy (non-hydrogen) atoms. The Morgan fingerprint density at radius 2 is 2.12 bits per heavy atom. The van der Waals surface area contributed by atoms with E-state index in [-0.39, 0.29) is 10.2 Å². The zero-order chi connectivity index (χ0) is 13.0. The molecule has 0 aliphatic rings. The van der Waals surface area contributed by atoms with Crippen LogP contribution in [0.25, 0.3) is 11.6 Å². The molecule has 0 amide bonds. The van der Waals surface area contributed by atoms with Gasteiger partial charge in [-0.15, -0.1) is 11.3 Å². The lowest BCUT2D eigenvalue weighted by Crippen LogP contribution is -2.34. The smallest absolute Gasteiger partial charge is 0.323 e. The van der Waals surface area contributed by atoms with Crippen molar-refractivity contribution in [3.8, 4) is 12.1 Å². The number of rotatable bonds is 2. The van der Waals surface area contributed by atoms with Gasteiger partial charge in [-0.3, -0.25) is 14.2 Å². The van der Waals surface area contributed by atoms with Crippen molar-refractivity contribution in [2.45, 2.75) is 13.5 Å². The number of thiazole rings is 1. The van der Waals surface area contributed by atoms with Crippen LogP contribution in [0.2, 0.25) is 0 Å². The molecule has 0 aliphatic carbocycles. The van der Waals surface area contributed by atoms with Gasteiger partial charge in [0.1, 0.15) is 23.3 Å². The van der Waals surface area contributed by atoms with Gasteiger partial charge in [0.25, 0.3) is 5.56 Å². The average Bonchev–Trinajstić information content (AvgIpc) is 2.59. The van der Waals surface area contributed by atoms with E-state index in [1.807, 2.05) is 0 Å². The predicted octanol–water partition coefficient (Wildman–Crippen LogP) is -1.01. The summed E-state index contributed by atoms with van der Waals surface area (Å²) in [5, 5.41) is 26.2. The van der Waals surface area contributed by atoms with Gasteiger partial charge in [0.2, 0.25) is 0 Å². The highest BCUT2D eigenvalue weighted by Crippen LogP contribution is 1.88. The number of aromatic nitrogens is 1. The van der Waals surface area contributed by atoms with Gasteiger partial charge < -0.3 is 5.11 Å². The monoisotopic (exact) mass is 249 g/mol. The third-order valence-electron chi connectivity index (χ3n) is 1.90. The Morgan fingerprint density at radius 1 is 1.53 bits per heavy atom. The Labute approximate surface area is 99.6 Å². The first kappa shape index (κ1) is 12.7. The van der Waals surface area contributed by atoms with Gasteiger partial charge >= 0.3 is 5.97 Å². The van der Waals surface area contributed by atoms with E-state index in [4.69, 9.17) is 15.6 Å². The lowest BCUT2D eigenvalue weighted by molar-refractivity contribution is -0.137. The van der Waals surface area contributed by atoms with E-state index in [1.54, 1.807) is 19.1 Å². The van der Waals surface area contributed by atoms with Crippen molar-refractivity contribution in [1.82, 2.24) is 4.57 Å². The van der Waals surface area contributed by atoms with E-state index < -0.39 is 18.1 Å². The van der Waals surface area contributed by atoms with Crippen LogP contribution in [-0.2, 0) is 11.3 Å². The van der Waals surface area contributed by atoms with Crippen molar-refractivity contribution in [2.24, 2.45) is 0 Å². The summed E-state index contributed by atoms with van der Waals surface area (Å²) in [4.78, 5) is 22.4. The number of carboxylic acids is 1. The van der Waals surface area contributed by atoms with E-state index in [0.29, 0.717) is 4.53 Å². The molecular weight excluding hydrogens is 242 g/mol. The number of nitriles is 2. The first-order valence-corrected chi connectivity index (χ1v) is 5.29. The molecule has 0 aromatic carbocycles. The standard InChI is InChI=1S/C10H7N3O3S/c1-2-7-9(16)13(5-8(14)15)10(17-7)6(3-11)4-12/h2H,5H2,1H3,(H,14,15). The van der Waals surface area contributed by atoms with Crippen molar-refractivity contribution in [2.75, 3.05) is 0 Å². The fraction of sp³-hybridized carbons (Fsp3) is 0.200. The Bertz CT molecular complexity index is 696. The Balaban J connectivity index is 3.83. The molecule has 0 bridgehead atoms. The predicted molar refractivity (Wildman–Crippen MR) is 60.2 cm³/mol. The summed E-state index contributed by atoms with van der Waals surface area (Å²) in [5.74, 6) is -1.20. The molecule has 0 aliphatic heterocycles. The summed E-state index contributed by atoms with van der Waals surface area (Å²) >= 11 is 0.935. The Kier molecular flexibility index (Phi) is 3.81. The summed E-state index contributed by atoms with van der Waals surface area (Å²) in [6.07, 6.45) is 1.52. The largest absolute Gasteiger partial charge is 0.480 e. The fourth-order valence-electron chi connectivity index (χ4n) is 1.20. The number of nitrogens with zero attached hydrogens (tertiary/aromatic N) is 3. The van der Waals surface area contributed by atoms with Crippen molar-refractivity contribution >= 4 is 29.0 Å². The molecule has 0 radical (unpaired) electrons. The number of carboxylic acid groups (broad SMARTS) is 1. The highest BCUT2D eigenvalue weighted by molar-refractivity contribution is 7.07. The van der Waals surface area contributed by atoms with E-state index >= 15 is 0 Å². The van der Waals surface area contributed by atoms with Crippen LogP contribution in [0.3, 0.4) is 0 Å². The minimum absolute atomic E-state index is 0.0792. The van der Waals surface area contributed by atoms with Gasteiger partial charge in [-0.05, 0) is 6.92 Å². The number of hydrogen-bond donors (Lipinski definition) is 1. The van der Waals surface area contributed by atoms with Crippen LogP contribution >= 0.6 is 11.3 Å². The maximum absolute atomic E-state index is 11.7. The normalized spacial score (nSPS) is 10.6. The lowest BCUT2D eigenvalue weighted by atomic mass is 10.4. The molecule has 1 heterocycles. The van der Waals surface area contributed by atoms with Crippen molar-refractivity contribution in [3.63, 3.8) is 0 Å². The SMILES string of the molecule is CC=c1sc(=C(C#N)C#N)n(CC(=O)O)c1=O.